The Labute approximate surface area is 155 Å². The average Bonchev–Trinajstić information content (AvgIpc) is 2.62. The highest BCUT2D eigenvalue weighted by Crippen LogP contribution is 2.30. The number of likely N-dealkylation sites (N-methyl/N-ethyl adjacent to an activating group) is 1. The third-order valence-corrected chi connectivity index (χ3v) is 6.07. The third kappa shape index (κ3) is 4.75. The Kier molecular flexibility index (Phi) is 6.63. The lowest BCUT2D eigenvalue weighted by atomic mass is 10.1. The lowest BCUT2D eigenvalue weighted by Crippen LogP contribution is -2.32. The highest BCUT2D eigenvalue weighted by atomic mass is 32.2. The highest BCUT2D eigenvalue weighted by Gasteiger charge is 2.23. The lowest BCUT2D eigenvalue weighted by Gasteiger charge is -2.22. The minimum atomic E-state index is -3.55. The van der Waals surface area contributed by atoms with Gasteiger partial charge in [-0.15, -0.1) is 0 Å². The standard InChI is InChI=1S/C19H25NO5S/c1-14-7-5-6-8-16(14)13-26(22,23)20(2)12-17(21)15-9-10-18(24-3)19(11-15)25-4/h5-11,17,21H,12-13H2,1-4H3. The quantitative estimate of drug-likeness (QED) is 0.763. The first-order valence-electron chi connectivity index (χ1n) is 8.17. The van der Waals surface area contributed by atoms with E-state index in [2.05, 4.69) is 0 Å². The van der Waals surface area contributed by atoms with Crippen LogP contribution in [0.2, 0.25) is 0 Å². The van der Waals surface area contributed by atoms with Crippen molar-refractivity contribution >= 4 is 10.0 Å². The van der Waals surface area contributed by atoms with Gasteiger partial charge in [-0.1, -0.05) is 30.3 Å². The van der Waals surface area contributed by atoms with Gasteiger partial charge < -0.3 is 14.6 Å². The van der Waals surface area contributed by atoms with Gasteiger partial charge >= 0.3 is 0 Å². The van der Waals surface area contributed by atoms with Crippen LogP contribution in [0.5, 0.6) is 11.5 Å². The van der Waals surface area contributed by atoms with Crippen molar-refractivity contribution in [1.29, 1.82) is 0 Å². The van der Waals surface area contributed by atoms with Crippen molar-refractivity contribution in [2.24, 2.45) is 0 Å². The molecule has 0 aliphatic rings. The van der Waals surface area contributed by atoms with Crippen molar-refractivity contribution in [2.75, 3.05) is 27.8 Å². The summed E-state index contributed by atoms with van der Waals surface area (Å²) in [6, 6.07) is 12.4. The largest absolute Gasteiger partial charge is 0.493 e. The van der Waals surface area contributed by atoms with E-state index in [1.807, 2.05) is 25.1 Å². The van der Waals surface area contributed by atoms with Crippen molar-refractivity contribution in [1.82, 2.24) is 4.31 Å². The summed E-state index contributed by atoms with van der Waals surface area (Å²) in [5.41, 5.74) is 2.23. The number of rotatable bonds is 8. The summed E-state index contributed by atoms with van der Waals surface area (Å²) >= 11 is 0. The predicted octanol–water partition coefficient (Wildman–Crippen LogP) is 2.51. The van der Waals surface area contributed by atoms with E-state index < -0.39 is 16.1 Å². The fourth-order valence-corrected chi connectivity index (χ4v) is 3.91. The molecule has 1 N–H and O–H groups in total. The second-order valence-electron chi connectivity index (χ2n) is 6.09. The van der Waals surface area contributed by atoms with Gasteiger partial charge in [-0.2, -0.15) is 0 Å². The summed E-state index contributed by atoms with van der Waals surface area (Å²) in [7, 11) is 0.954. The van der Waals surface area contributed by atoms with Crippen LogP contribution in [0.25, 0.3) is 0 Å². The van der Waals surface area contributed by atoms with E-state index in [4.69, 9.17) is 9.47 Å². The lowest BCUT2D eigenvalue weighted by molar-refractivity contribution is 0.154. The molecule has 0 fully saturated rings. The van der Waals surface area contributed by atoms with Crippen molar-refractivity contribution < 1.29 is 23.0 Å². The van der Waals surface area contributed by atoms with Gasteiger partial charge in [0.15, 0.2) is 11.5 Å². The predicted molar refractivity (Wildman–Crippen MR) is 101 cm³/mol. The van der Waals surface area contributed by atoms with Crippen LogP contribution in [0, 0.1) is 6.92 Å². The molecular weight excluding hydrogens is 354 g/mol. The van der Waals surface area contributed by atoms with E-state index >= 15 is 0 Å². The molecule has 0 radical (unpaired) electrons. The van der Waals surface area contributed by atoms with Crippen LogP contribution in [-0.4, -0.2) is 45.6 Å². The number of hydrogen-bond acceptors (Lipinski definition) is 5. The molecule has 1 atom stereocenters. The van der Waals surface area contributed by atoms with E-state index in [0.717, 1.165) is 11.1 Å². The maximum atomic E-state index is 12.6. The molecule has 0 aliphatic heterocycles. The van der Waals surface area contributed by atoms with E-state index in [0.29, 0.717) is 17.1 Å². The Morgan fingerprint density at radius 2 is 1.73 bits per heavy atom. The highest BCUT2D eigenvalue weighted by molar-refractivity contribution is 7.88. The molecule has 142 valence electrons. The second-order valence-corrected chi connectivity index (χ2v) is 8.17. The molecule has 0 aliphatic carbocycles. The Morgan fingerprint density at radius 1 is 1.08 bits per heavy atom. The monoisotopic (exact) mass is 379 g/mol. The molecule has 0 spiro atoms. The minimum absolute atomic E-state index is 0.0519. The van der Waals surface area contributed by atoms with Crippen LogP contribution >= 0.6 is 0 Å². The SMILES string of the molecule is COc1ccc(C(O)CN(C)S(=O)(=O)Cc2ccccc2C)cc1OC. The maximum absolute atomic E-state index is 12.6. The zero-order valence-corrected chi connectivity index (χ0v) is 16.3. The van der Waals surface area contributed by atoms with Gasteiger partial charge in [0, 0.05) is 13.6 Å². The number of sulfonamides is 1. The Morgan fingerprint density at radius 3 is 2.35 bits per heavy atom. The molecule has 2 rings (SSSR count). The molecule has 26 heavy (non-hydrogen) atoms. The maximum Gasteiger partial charge on any atom is 0.218 e. The molecule has 0 aromatic heterocycles. The summed E-state index contributed by atoms with van der Waals surface area (Å²) in [5, 5.41) is 10.5. The molecular formula is C19H25NO5S. The molecule has 1 unspecified atom stereocenters. The number of benzene rings is 2. The molecule has 6 nitrogen and oxygen atoms in total. The summed E-state index contributed by atoms with van der Waals surface area (Å²) in [4.78, 5) is 0. The summed E-state index contributed by atoms with van der Waals surface area (Å²) in [5.74, 6) is 0.924. The topological polar surface area (TPSA) is 76.1 Å². The molecule has 0 bridgehead atoms. The summed E-state index contributed by atoms with van der Waals surface area (Å²) in [6.07, 6.45) is -0.980. The van der Waals surface area contributed by atoms with E-state index in [1.165, 1.54) is 25.6 Å². The molecule has 0 heterocycles. The van der Waals surface area contributed by atoms with E-state index in [-0.39, 0.29) is 12.3 Å². The van der Waals surface area contributed by atoms with E-state index in [1.54, 1.807) is 24.3 Å². The van der Waals surface area contributed by atoms with Crippen molar-refractivity contribution in [3.8, 4) is 11.5 Å². The number of nitrogens with zero attached hydrogens (tertiary/aromatic N) is 1. The minimum Gasteiger partial charge on any atom is -0.493 e. The van der Waals surface area contributed by atoms with Crippen molar-refractivity contribution in [3.05, 3.63) is 59.2 Å². The van der Waals surface area contributed by atoms with Crippen LogP contribution in [0.4, 0.5) is 0 Å². The van der Waals surface area contributed by atoms with Gasteiger partial charge in [-0.25, -0.2) is 12.7 Å². The van der Waals surface area contributed by atoms with Crippen LogP contribution in [-0.2, 0) is 15.8 Å². The molecule has 0 saturated heterocycles. The smallest absolute Gasteiger partial charge is 0.218 e. The number of aryl methyl sites for hydroxylation is 1. The normalized spacial score (nSPS) is 12.8. The number of hydrogen-bond donors (Lipinski definition) is 1. The Hall–Kier alpha value is -2.09. The number of ether oxygens (including phenoxy) is 2. The first kappa shape index (κ1) is 20.2. The Balaban J connectivity index is 2.13. The van der Waals surface area contributed by atoms with Crippen LogP contribution in [0.15, 0.2) is 42.5 Å². The molecule has 7 heteroatoms. The number of methoxy groups -OCH3 is 2. The zero-order chi connectivity index (χ0) is 19.3. The van der Waals surface area contributed by atoms with Gasteiger partial charge in [0.2, 0.25) is 10.0 Å². The van der Waals surface area contributed by atoms with Crippen LogP contribution in [0.1, 0.15) is 22.8 Å². The summed E-state index contributed by atoms with van der Waals surface area (Å²) in [6.45, 7) is 1.83. The Bertz CT molecular complexity index is 851. The van der Waals surface area contributed by atoms with Gasteiger partial charge in [0.05, 0.1) is 26.1 Å². The fourth-order valence-electron chi connectivity index (χ4n) is 2.60. The number of aliphatic hydroxyl groups excluding tert-OH is 1. The van der Waals surface area contributed by atoms with E-state index in [9.17, 15) is 13.5 Å². The van der Waals surface area contributed by atoms with Crippen molar-refractivity contribution in [2.45, 2.75) is 18.8 Å². The van der Waals surface area contributed by atoms with Gasteiger partial charge in [0.1, 0.15) is 0 Å². The fraction of sp³-hybridized carbons (Fsp3) is 0.368. The van der Waals surface area contributed by atoms with Crippen LogP contribution in [0.3, 0.4) is 0 Å². The molecule has 2 aromatic carbocycles. The third-order valence-electron chi connectivity index (χ3n) is 4.30. The molecule has 0 saturated carbocycles. The van der Waals surface area contributed by atoms with Crippen molar-refractivity contribution in [3.63, 3.8) is 0 Å². The van der Waals surface area contributed by atoms with Crippen LogP contribution < -0.4 is 9.47 Å². The first-order chi connectivity index (χ1) is 12.3. The molecule has 0 amide bonds. The van der Waals surface area contributed by atoms with Gasteiger partial charge in [-0.05, 0) is 35.7 Å². The summed E-state index contributed by atoms with van der Waals surface area (Å²) < 4.78 is 36.8. The number of aliphatic hydroxyl groups is 1. The van der Waals surface area contributed by atoms with Gasteiger partial charge in [0.25, 0.3) is 0 Å². The van der Waals surface area contributed by atoms with Gasteiger partial charge in [-0.3, -0.25) is 0 Å². The second kappa shape index (κ2) is 8.53. The zero-order valence-electron chi connectivity index (χ0n) is 15.5. The first-order valence-corrected chi connectivity index (χ1v) is 9.78. The molecule has 2 aromatic rings. The average molecular weight is 379 g/mol.